The Morgan fingerprint density at radius 2 is 2.18 bits per heavy atom. The molecule has 17 heavy (non-hydrogen) atoms. The lowest BCUT2D eigenvalue weighted by Gasteiger charge is -2.28. The van der Waals surface area contributed by atoms with E-state index in [1.165, 1.54) is 6.07 Å². The molecule has 7 heteroatoms. The molecule has 0 saturated carbocycles. The summed E-state index contributed by atoms with van der Waals surface area (Å²) >= 11 is 0. The van der Waals surface area contributed by atoms with Gasteiger partial charge in [0.2, 0.25) is 5.69 Å². The van der Waals surface area contributed by atoms with Crippen molar-refractivity contribution >= 4 is 11.5 Å². The van der Waals surface area contributed by atoms with E-state index in [0.717, 1.165) is 26.2 Å². The van der Waals surface area contributed by atoms with Gasteiger partial charge < -0.3 is 10.2 Å². The maximum atomic E-state index is 10.7. The van der Waals surface area contributed by atoms with E-state index in [2.05, 4.69) is 10.3 Å². The van der Waals surface area contributed by atoms with Gasteiger partial charge in [0.1, 0.15) is 11.9 Å². The van der Waals surface area contributed by atoms with Crippen LogP contribution in [0.3, 0.4) is 0 Å². The highest BCUT2D eigenvalue weighted by atomic mass is 16.6. The summed E-state index contributed by atoms with van der Waals surface area (Å²) in [5, 5.41) is 22.7. The fourth-order valence-corrected chi connectivity index (χ4v) is 1.74. The summed E-state index contributed by atoms with van der Waals surface area (Å²) in [6.45, 7) is 3.27. The quantitative estimate of drug-likeness (QED) is 0.582. The molecular weight excluding hydrogens is 222 g/mol. The molecule has 2 rings (SSSR count). The van der Waals surface area contributed by atoms with E-state index < -0.39 is 4.92 Å². The van der Waals surface area contributed by atoms with E-state index in [1.54, 1.807) is 12.1 Å². The molecule has 0 radical (unpaired) electrons. The number of nitriles is 1. The largest absolute Gasteiger partial charge is 0.354 e. The monoisotopic (exact) mass is 233 g/mol. The fourth-order valence-electron chi connectivity index (χ4n) is 1.74. The Morgan fingerprint density at radius 3 is 2.76 bits per heavy atom. The molecule has 0 aromatic carbocycles. The molecule has 1 aromatic heterocycles. The highest BCUT2D eigenvalue weighted by molar-refractivity contribution is 5.51. The van der Waals surface area contributed by atoms with Crippen molar-refractivity contribution in [2.75, 3.05) is 31.1 Å². The first-order valence-corrected chi connectivity index (χ1v) is 5.23. The molecule has 2 heterocycles. The third kappa shape index (κ3) is 2.32. The molecule has 88 valence electrons. The van der Waals surface area contributed by atoms with E-state index in [1.807, 2.05) is 4.90 Å². The van der Waals surface area contributed by atoms with Gasteiger partial charge in [0.05, 0.1) is 4.92 Å². The summed E-state index contributed by atoms with van der Waals surface area (Å²) in [4.78, 5) is 16.1. The number of hydrogen-bond donors (Lipinski definition) is 1. The second kappa shape index (κ2) is 4.76. The molecule has 1 aliphatic rings. The Hall–Kier alpha value is -2.20. The van der Waals surface area contributed by atoms with Crippen LogP contribution in [-0.4, -0.2) is 36.1 Å². The van der Waals surface area contributed by atoms with Crippen molar-refractivity contribution in [3.8, 4) is 6.07 Å². The second-order valence-corrected chi connectivity index (χ2v) is 3.64. The number of piperazine rings is 1. The first kappa shape index (κ1) is 11.3. The normalized spacial score (nSPS) is 15.4. The molecule has 1 fully saturated rings. The zero-order valence-electron chi connectivity index (χ0n) is 9.09. The van der Waals surface area contributed by atoms with E-state index >= 15 is 0 Å². The van der Waals surface area contributed by atoms with Crippen LogP contribution in [0.25, 0.3) is 0 Å². The molecule has 1 N–H and O–H groups in total. The Bertz CT molecular complexity index is 476. The Balaban J connectivity index is 2.31. The molecule has 1 aromatic rings. The summed E-state index contributed by atoms with van der Waals surface area (Å²) in [6.07, 6.45) is 0. The zero-order valence-corrected chi connectivity index (χ0v) is 9.09. The van der Waals surface area contributed by atoms with Crippen LogP contribution in [0.15, 0.2) is 12.1 Å². The minimum absolute atomic E-state index is 0.133. The average molecular weight is 233 g/mol. The van der Waals surface area contributed by atoms with Gasteiger partial charge in [-0.25, -0.2) is 4.98 Å². The second-order valence-electron chi connectivity index (χ2n) is 3.64. The van der Waals surface area contributed by atoms with Crippen molar-refractivity contribution in [1.29, 1.82) is 5.26 Å². The van der Waals surface area contributed by atoms with Gasteiger partial charge in [-0.1, -0.05) is 0 Å². The standard InChI is InChI=1S/C10H11N5O2/c11-7-8-9(15(16)17)1-2-10(13-8)14-5-3-12-4-6-14/h1-2,12H,3-6H2. The molecule has 0 aliphatic carbocycles. The molecule has 7 nitrogen and oxygen atoms in total. The number of nitrogens with zero attached hydrogens (tertiary/aromatic N) is 4. The van der Waals surface area contributed by atoms with Crippen molar-refractivity contribution in [2.24, 2.45) is 0 Å². The topological polar surface area (TPSA) is 95.1 Å². The van der Waals surface area contributed by atoms with Gasteiger partial charge >= 0.3 is 5.69 Å². The zero-order chi connectivity index (χ0) is 12.3. The van der Waals surface area contributed by atoms with Gasteiger partial charge in [0, 0.05) is 32.2 Å². The number of nitro groups is 1. The number of pyridine rings is 1. The molecule has 0 atom stereocenters. The Morgan fingerprint density at radius 1 is 1.47 bits per heavy atom. The van der Waals surface area contributed by atoms with Crippen LogP contribution in [0, 0.1) is 21.4 Å². The highest BCUT2D eigenvalue weighted by Gasteiger charge is 2.18. The van der Waals surface area contributed by atoms with E-state index in [4.69, 9.17) is 5.26 Å². The Labute approximate surface area is 97.8 Å². The third-order valence-electron chi connectivity index (χ3n) is 2.60. The fraction of sp³-hybridized carbons (Fsp3) is 0.400. The van der Waals surface area contributed by atoms with Crippen LogP contribution >= 0.6 is 0 Å². The lowest BCUT2D eigenvalue weighted by atomic mass is 10.3. The van der Waals surface area contributed by atoms with Crippen LogP contribution in [0.2, 0.25) is 0 Å². The molecule has 1 saturated heterocycles. The maximum absolute atomic E-state index is 10.7. The lowest BCUT2D eigenvalue weighted by Crippen LogP contribution is -2.43. The SMILES string of the molecule is N#Cc1nc(N2CCNCC2)ccc1[N+](=O)[O-]. The third-order valence-corrected chi connectivity index (χ3v) is 2.60. The molecule has 0 spiro atoms. The predicted octanol–water partition coefficient (Wildman–Crippen LogP) is 0.271. The van der Waals surface area contributed by atoms with Crippen molar-refractivity contribution in [3.63, 3.8) is 0 Å². The van der Waals surface area contributed by atoms with Crippen LogP contribution in [0.1, 0.15) is 5.69 Å². The van der Waals surface area contributed by atoms with Crippen LogP contribution in [0.5, 0.6) is 0 Å². The first-order valence-electron chi connectivity index (χ1n) is 5.23. The summed E-state index contributed by atoms with van der Waals surface area (Å²) in [7, 11) is 0. The van der Waals surface area contributed by atoms with Crippen molar-refractivity contribution in [3.05, 3.63) is 27.9 Å². The molecule has 1 aliphatic heterocycles. The van der Waals surface area contributed by atoms with Crippen molar-refractivity contribution in [1.82, 2.24) is 10.3 Å². The number of nitrogens with one attached hydrogen (secondary N) is 1. The summed E-state index contributed by atoms with van der Waals surface area (Å²) < 4.78 is 0. The van der Waals surface area contributed by atoms with Gasteiger partial charge in [-0.15, -0.1) is 0 Å². The smallest absolute Gasteiger partial charge is 0.305 e. The van der Waals surface area contributed by atoms with Crippen molar-refractivity contribution < 1.29 is 4.92 Å². The lowest BCUT2D eigenvalue weighted by molar-refractivity contribution is -0.385. The van der Waals surface area contributed by atoms with Crippen LogP contribution in [-0.2, 0) is 0 Å². The van der Waals surface area contributed by atoms with Gasteiger partial charge in [-0.3, -0.25) is 10.1 Å². The molecular formula is C10H11N5O2. The molecule has 0 unspecified atom stereocenters. The minimum atomic E-state index is -0.590. The number of aromatic nitrogens is 1. The predicted molar refractivity (Wildman–Crippen MR) is 60.7 cm³/mol. The minimum Gasteiger partial charge on any atom is -0.354 e. The van der Waals surface area contributed by atoms with E-state index in [9.17, 15) is 10.1 Å². The van der Waals surface area contributed by atoms with E-state index in [-0.39, 0.29) is 11.4 Å². The van der Waals surface area contributed by atoms with Gasteiger partial charge in [-0.05, 0) is 6.07 Å². The van der Waals surface area contributed by atoms with Gasteiger partial charge in [-0.2, -0.15) is 5.26 Å². The van der Waals surface area contributed by atoms with Crippen LogP contribution < -0.4 is 10.2 Å². The Kier molecular flexibility index (Phi) is 3.16. The van der Waals surface area contributed by atoms with Crippen molar-refractivity contribution in [2.45, 2.75) is 0 Å². The molecule has 0 amide bonds. The summed E-state index contributed by atoms with van der Waals surface area (Å²) in [5.74, 6) is 0.619. The summed E-state index contributed by atoms with van der Waals surface area (Å²) in [5.41, 5.74) is -0.377. The van der Waals surface area contributed by atoms with Gasteiger partial charge in [0.15, 0.2) is 0 Å². The average Bonchev–Trinajstić information content (AvgIpc) is 2.39. The molecule has 0 bridgehead atoms. The first-order chi connectivity index (χ1) is 8.22. The number of anilines is 1. The number of hydrogen-bond acceptors (Lipinski definition) is 6. The van der Waals surface area contributed by atoms with E-state index in [0.29, 0.717) is 5.82 Å². The highest BCUT2D eigenvalue weighted by Crippen LogP contribution is 2.20. The van der Waals surface area contributed by atoms with Gasteiger partial charge in [0.25, 0.3) is 0 Å². The maximum Gasteiger partial charge on any atom is 0.305 e. The summed E-state index contributed by atoms with van der Waals surface area (Å²) in [6, 6.07) is 4.69. The number of rotatable bonds is 2. The van der Waals surface area contributed by atoms with Crippen LogP contribution in [0.4, 0.5) is 11.5 Å².